The lowest BCUT2D eigenvalue weighted by Gasteiger charge is -2.27. The summed E-state index contributed by atoms with van der Waals surface area (Å²) in [6.07, 6.45) is 1.10. The first-order valence-electron chi connectivity index (χ1n) is 8.24. The van der Waals surface area contributed by atoms with Crippen LogP contribution >= 0.6 is 0 Å². The van der Waals surface area contributed by atoms with Gasteiger partial charge in [-0.1, -0.05) is 37.3 Å². The van der Waals surface area contributed by atoms with Crippen molar-refractivity contribution in [1.82, 2.24) is 0 Å². The molecular formula is C20H23NO2. The van der Waals surface area contributed by atoms with Gasteiger partial charge in [0.15, 0.2) is 6.10 Å². The Hall–Kier alpha value is -2.29. The molecule has 0 radical (unpaired) electrons. The number of hydrogen-bond acceptors (Lipinski definition) is 2. The van der Waals surface area contributed by atoms with Crippen molar-refractivity contribution in [2.24, 2.45) is 0 Å². The van der Waals surface area contributed by atoms with Crippen LogP contribution < -0.4 is 9.64 Å². The Balaban J connectivity index is 1.83. The topological polar surface area (TPSA) is 29.5 Å². The SMILES string of the molecule is CC[C@@H](Oc1cccc(C)c1)C(=O)N1c2ccccc2C[C@H]1C. The van der Waals surface area contributed by atoms with Gasteiger partial charge in [-0.25, -0.2) is 0 Å². The first-order valence-corrected chi connectivity index (χ1v) is 8.24. The Morgan fingerprint density at radius 2 is 2.04 bits per heavy atom. The number of ether oxygens (including phenoxy) is 1. The summed E-state index contributed by atoms with van der Waals surface area (Å²) in [5.74, 6) is 0.803. The van der Waals surface area contributed by atoms with E-state index in [1.54, 1.807) is 0 Å². The van der Waals surface area contributed by atoms with E-state index in [-0.39, 0.29) is 11.9 Å². The number of aryl methyl sites for hydroxylation is 1. The van der Waals surface area contributed by atoms with E-state index in [0.717, 1.165) is 23.4 Å². The van der Waals surface area contributed by atoms with Gasteiger partial charge >= 0.3 is 0 Å². The van der Waals surface area contributed by atoms with Gasteiger partial charge in [-0.05, 0) is 56.0 Å². The molecule has 0 N–H and O–H groups in total. The van der Waals surface area contributed by atoms with E-state index in [0.29, 0.717) is 6.42 Å². The fourth-order valence-electron chi connectivity index (χ4n) is 3.22. The fourth-order valence-corrected chi connectivity index (χ4v) is 3.22. The van der Waals surface area contributed by atoms with Crippen LogP contribution in [-0.2, 0) is 11.2 Å². The molecule has 0 aliphatic carbocycles. The van der Waals surface area contributed by atoms with Crippen molar-refractivity contribution in [3.8, 4) is 5.75 Å². The Kier molecular flexibility index (Phi) is 4.37. The molecule has 2 aromatic rings. The Labute approximate surface area is 137 Å². The molecule has 0 saturated heterocycles. The molecule has 0 saturated carbocycles. The predicted octanol–water partition coefficient (Wildman–Crippen LogP) is 4.13. The van der Waals surface area contributed by atoms with Crippen molar-refractivity contribution in [1.29, 1.82) is 0 Å². The summed E-state index contributed by atoms with van der Waals surface area (Å²) in [5, 5.41) is 0. The molecular weight excluding hydrogens is 286 g/mol. The highest BCUT2D eigenvalue weighted by Crippen LogP contribution is 2.33. The van der Waals surface area contributed by atoms with Crippen molar-refractivity contribution < 1.29 is 9.53 Å². The van der Waals surface area contributed by atoms with Crippen LogP contribution in [0.25, 0.3) is 0 Å². The highest BCUT2D eigenvalue weighted by molar-refractivity contribution is 5.99. The van der Waals surface area contributed by atoms with E-state index in [1.807, 2.05) is 61.2 Å². The number of fused-ring (bicyclic) bond motifs is 1. The number of rotatable bonds is 4. The first-order chi connectivity index (χ1) is 11.1. The molecule has 3 nitrogen and oxygen atoms in total. The molecule has 120 valence electrons. The number of nitrogens with zero attached hydrogens (tertiary/aromatic N) is 1. The molecule has 1 amide bonds. The zero-order valence-corrected chi connectivity index (χ0v) is 14.0. The Bertz CT molecular complexity index is 710. The number of amides is 1. The van der Waals surface area contributed by atoms with Crippen molar-refractivity contribution >= 4 is 11.6 Å². The van der Waals surface area contributed by atoms with Gasteiger partial charge in [0.25, 0.3) is 5.91 Å². The molecule has 2 aromatic carbocycles. The van der Waals surface area contributed by atoms with Gasteiger partial charge in [0.1, 0.15) is 5.75 Å². The minimum Gasteiger partial charge on any atom is -0.481 e. The lowest BCUT2D eigenvalue weighted by molar-refractivity contribution is -0.125. The number of anilines is 1. The van der Waals surface area contributed by atoms with Crippen LogP contribution in [0.3, 0.4) is 0 Å². The second-order valence-electron chi connectivity index (χ2n) is 6.22. The van der Waals surface area contributed by atoms with Crippen molar-refractivity contribution in [3.63, 3.8) is 0 Å². The maximum absolute atomic E-state index is 13.0. The van der Waals surface area contributed by atoms with Crippen LogP contribution in [0.5, 0.6) is 5.75 Å². The quantitative estimate of drug-likeness (QED) is 0.850. The second-order valence-corrected chi connectivity index (χ2v) is 6.22. The normalized spacial score (nSPS) is 17.7. The third-order valence-electron chi connectivity index (χ3n) is 4.36. The number of carbonyl (C=O) groups excluding carboxylic acids is 1. The van der Waals surface area contributed by atoms with E-state index < -0.39 is 6.10 Å². The molecule has 0 unspecified atom stereocenters. The standard InChI is InChI=1S/C20H23NO2/c1-4-19(23-17-10-7-8-14(2)12-17)20(22)21-15(3)13-16-9-5-6-11-18(16)21/h5-12,15,19H,4,13H2,1-3H3/t15-,19-/m1/s1. The van der Waals surface area contributed by atoms with Crippen molar-refractivity contribution in [2.75, 3.05) is 4.90 Å². The monoisotopic (exact) mass is 309 g/mol. The van der Waals surface area contributed by atoms with Crippen LogP contribution in [-0.4, -0.2) is 18.1 Å². The van der Waals surface area contributed by atoms with E-state index >= 15 is 0 Å². The van der Waals surface area contributed by atoms with Gasteiger partial charge in [-0.15, -0.1) is 0 Å². The van der Waals surface area contributed by atoms with E-state index in [9.17, 15) is 4.79 Å². The van der Waals surface area contributed by atoms with Crippen LogP contribution in [0.1, 0.15) is 31.4 Å². The average molecular weight is 309 g/mol. The minimum atomic E-state index is -0.453. The Morgan fingerprint density at radius 3 is 2.78 bits per heavy atom. The van der Waals surface area contributed by atoms with Gasteiger partial charge in [0, 0.05) is 11.7 Å². The first kappa shape index (κ1) is 15.6. The minimum absolute atomic E-state index is 0.0476. The summed E-state index contributed by atoms with van der Waals surface area (Å²) in [6, 6.07) is 16.2. The van der Waals surface area contributed by atoms with Crippen LogP contribution in [0, 0.1) is 6.92 Å². The molecule has 23 heavy (non-hydrogen) atoms. The molecule has 1 heterocycles. The predicted molar refractivity (Wildman–Crippen MR) is 93.0 cm³/mol. The third kappa shape index (κ3) is 3.09. The molecule has 3 rings (SSSR count). The molecule has 1 aliphatic rings. The zero-order valence-electron chi connectivity index (χ0n) is 14.0. The van der Waals surface area contributed by atoms with Gasteiger partial charge < -0.3 is 9.64 Å². The van der Waals surface area contributed by atoms with Gasteiger partial charge in [-0.2, -0.15) is 0 Å². The summed E-state index contributed by atoms with van der Waals surface area (Å²) in [7, 11) is 0. The number of carbonyl (C=O) groups is 1. The molecule has 3 heteroatoms. The molecule has 0 fully saturated rings. The summed E-state index contributed by atoms with van der Waals surface area (Å²) in [6.45, 7) is 6.11. The highest BCUT2D eigenvalue weighted by atomic mass is 16.5. The molecule has 0 aromatic heterocycles. The van der Waals surface area contributed by atoms with Gasteiger partial charge in [0.05, 0.1) is 0 Å². The summed E-state index contributed by atoms with van der Waals surface area (Å²) in [4.78, 5) is 14.9. The molecule has 2 atom stereocenters. The van der Waals surface area contributed by atoms with E-state index in [2.05, 4.69) is 13.0 Å². The second kappa shape index (κ2) is 6.45. The lowest BCUT2D eigenvalue weighted by atomic mass is 10.1. The molecule has 1 aliphatic heterocycles. The van der Waals surface area contributed by atoms with Crippen LogP contribution in [0.15, 0.2) is 48.5 Å². The maximum atomic E-state index is 13.0. The number of para-hydroxylation sites is 1. The van der Waals surface area contributed by atoms with E-state index in [1.165, 1.54) is 5.56 Å². The average Bonchev–Trinajstić information content (AvgIpc) is 2.87. The number of benzene rings is 2. The molecule has 0 bridgehead atoms. The lowest BCUT2D eigenvalue weighted by Crippen LogP contribution is -2.44. The zero-order chi connectivity index (χ0) is 16.4. The summed E-state index contributed by atoms with van der Waals surface area (Å²) in [5.41, 5.74) is 3.39. The fraction of sp³-hybridized carbons (Fsp3) is 0.350. The number of hydrogen-bond donors (Lipinski definition) is 0. The Morgan fingerprint density at radius 1 is 1.26 bits per heavy atom. The maximum Gasteiger partial charge on any atom is 0.268 e. The largest absolute Gasteiger partial charge is 0.481 e. The smallest absolute Gasteiger partial charge is 0.268 e. The summed E-state index contributed by atoms with van der Waals surface area (Å²) < 4.78 is 5.99. The van der Waals surface area contributed by atoms with Gasteiger partial charge in [0.2, 0.25) is 0 Å². The highest BCUT2D eigenvalue weighted by Gasteiger charge is 2.34. The van der Waals surface area contributed by atoms with Gasteiger partial charge in [-0.3, -0.25) is 4.79 Å². The van der Waals surface area contributed by atoms with Crippen LogP contribution in [0.4, 0.5) is 5.69 Å². The van der Waals surface area contributed by atoms with Crippen molar-refractivity contribution in [3.05, 3.63) is 59.7 Å². The molecule has 0 spiro atoms. The van der Waals surface area contributed by atoms with E-state index in [4.69, 9.17) is 4.74 Å². The van der Waals surface area contributed by atoms with Crippen LogP contribution in [0.2, 0.25) is 0 Å². The van der Waals surface area contributed by atoms with Crippen molar-refractivity contribution in [2.45, 2.75) is 45.8 Å². The summed E-state index contributed by atoms with van der Waals surface area (Å²) >= 11 is 0. The third-order valence-corrected chi connectivity index (χ3v) is 4.36.